The van der Waals surface area contributed by atoms with Crippen LogP contribution in [0.2, 0.25) is 0 Å². The number of hydrogen-bond acceptors (Lipinski definition) is 2. The van der Waals surface area contributed by atoms with E-state index in [-0.39, 0.29) is 12.4 Å². The lowest BCUT2D eigenvalue weighted by Gasteiger charge is -1.95. The Labute approximate surface area is 81.0 Å². The van der Waals surface area contributed by atoms with Gasteiger partial charge in [0.15, 0.2) is 0 Å². The average Bonchev–Trinajstić information content (AvgIpc) is 2.57. The van der Waals surface area contributed by atoms with Crippen LogP contribution >= 0.6 is 0 Å². The number of furan rings is 1. The summed E-state index contributed by atoms with van der Waals surface area (Å²) in [5.74, 6) is -0.260. The van der Waals surface area contributed by atoms with Crippen LogP contribution in [0.25, 0.3) is 11.0 Å². The molecule has 2 rings (SSSR count). The second kappa shape index (κ2) is 3.80. The highest BCUT2D eigenvalue weighted by Gasteiger charge is 2.05. The van der Waals surface area contributed by atoms with Gasteiger partial charge in [0.05, 0.1) is 6.26 Å². The summed E-state index contributed by atoms with van der Waals surface area (Å²) < 4.78 is 18.2. The van der Waals surface area contributed by atoms with Crippen molar-refractivity contribution in [3.05, 3.63) is 35.8 Å². The van der Waals surface area contributed by atoms with Gasteiger partial charge < -0.3 is 9.52 Å². The minimum Gasteiger partial charge on any atom is -0.464 e. The molecule has 74 valence electrons. The third-order valence-corrected chi connectivity index (χ3v) is 2.22. The molecular weight excluding hydrogens is 183 g/mol. The van der Waals surface area contributed by atoms with Gasteiger partial charge in [0.1, 0.15) is 11.4 Å². The van der Waals surface area contributed by atoms with Crippen LogP contribution in [0.1, 0.15) is 12.0 Å². The molecule has 0 bridgehead atoms. The first-order chi connectivity index (χ1) is 6.81. The van der Waals surface area contributed by atoms with E-state index in [2.05, 4.69) is 0 Å². The van der Waals surface area contributed by atoms with Crippen molar-refractivity contribution in [1.29, 1.82) is 0 Å². The standard InChI is InChI=1S/C11H11FO2/c12-9-3-4-11-10(6-9)8(7-14-11)2-1-5-13/h3-4,6-7,13H,1-2,5H2. The van der Waals surface area contributed by atoms with Gasteiger partial charge in [-0.25, -0.2) is 4.39 Å². The fourth-order valence-corrected chi connectivity index (χ4v) is 1.52. The van der Waals surface area contributed by atoms with Crippen molar-refractivity contribution in [2.45, 2.75) is 12.8 Å². The summed E-state index contributed by atoms with van der Waals surface area (Å²) >= 11 is 0. The van der Waals surface area contributed by atoms with E-state index in [0.29, 0.717) is 18.4 Å². The first-order valence-electron chi connectivity index (χ1n) is 4.58. The molecule has 0 saturated carbocycles. The Kier molecular flexibility index (Phi) is 2.50. The molecule has 1 N–H and O–H groups in total. The molecule has 1 aromatic carbocycles. The predicted octanol–water partition coefficient (Wildman–Crippen LogP) is 2.50. The number of aliphatic hydroxyl groups excluding tert-OH is 1. The van der Waals surface area contributed by atoms with Gasteiger partial charge in [-0.2, -0.15) is 0 Å². The fraction of sp³-hybridized carbons (Fsp3) is 0.273. The van der Waals surface area contributed by atoms with Crippen LogP contribution in [0.3, 0.4) is 0 Å². The minimum atomic E-state index is -0.260. The van der Waals surface area contributed by atoms with Gasteiger partial charge in [-0.15, -0.1) is 0 Å². The Bertz CT molecular complexity index is 434. The quantitative estimate of drug-likeness (QED) is 0.814. The number of aryl methyl sites for hydroxylation is 1. The molecule has 1 aromatic heterocycles. The molecule has 0 aliphatic carbocycles. The van der Waals surface area contributed by atoms with Crippen molar-refractivity contribution in [2.24, 2.45) is 0 Å². The maximum absolute atomic E-state index is 12.9. The number of hydrogen-bond donors (Lipinski definition) is 1. The zero-order chi connectivity index (χ0) is 9.97. The molecule has 0 atom stereocenters. The van der Waals surface area contributed by atoms with Crippen molar-refractivity contribution >= 4 is 11.0 Å². The lowest BCUT2D eigenvalue weighted by molar-refractivity contribution is 0.288. The highest BCUT2D eigenvalue weighted by molar-refractivity contribution is 5.80. The first kappa shape index (κ1) is 9.21. The van der Waals surface area contributed by atoms with Crippen LogP contribution in [0, 0.1) is 5.82 Å². The Balaban J connectivity index is 2.40. The van der Waals surface area contributed by atoms with Gasteiger partial charge in [0, 0.05) is 12.0 Å². The van der Waals surface area contributed by atoms with E-state index in [4.69, 9.17) is 9.52 Å². The SMILES string of the molecule is OCCCc1coc2ccc(F)cc12. The number of fused-ring (bicyclic) bond motifs is 1. The van der Waals surface area contributed by atoms with Gasteiger partial charge >= 0.3 is 0 Å². The highest BCUT2D eigenvalue weighted by Crippen LogP contribution is 2.22. The largest absolute Gasteiger partial charge is 0.464 e. The zero-order valence-corrected chi connectivity index (χ0v) is 7.66. The summed E-state index contributed by atoms with van der Waals surface area (Å²) in [4.78, 5) is 0. The van der Waals surface area contributed by atoms with E-state index in [1.165, 1.54) is 12.1 Å². The van der Waals surface area contributed by atoms with Crippen LogP contribution < -0.4 is 0 Å². The second-order valence-corrected chi connectivity index (χ2v) is 3.23. The van der Waals surface area contributed by atoms with E-state index >= 15 is 0 Å². The highest BCUT2D eigenvalue weighted by atomic mass is 19.1. The van der Waals surface area contributed by atoms with E-state index < -0.39 is 0 Å². The predicted molar refractivity (Wildman–Crippen MR) is 51.6 cm³/mol. The fourth-order valence-electron chi connectivity index (χ4n) is 1.52. The molecular formula is C11H11FO2. The van der Waals surface area contributed by atoms with Crippen LogP contribution in [-0.4, -0.2) is 11.7 Å². The van der Waals surface area contributed by atoms with Gasteiger partial charge in [0.2, 0.25) is 0 Å². The normalized spacial score (nSPS) is 11.0. The molecule has 0 unspecified atom stereocenters. The summed E-state index contributed by atoms with van der Waals surface area (Å²) in [6, 6.07) is 4.46. The molecule has 2 nitrogen and oxygen atoms in total. The molecule has 0 radical (unpaired) electrons. The van der Waals surface area contributed by atoms with Crippen LogP contribution in [0.4, 0.5) is 4.39 Å². The third-order valence-electron chi connectivity index (χ3n) is 2.22. The molecule has 0 spiro atoms. The molecule has 1 heterocycles. The molecule has 0 aliphatic rings. The van der Waals surface area contributed by atoms with Crippen molar-refractivity contribution < 1.29 is 13.9 Å². The van der Waals surface area contributed by atoms with Crippen molar-refractivity contribution in [3.63, 3.8) is 0 Å². The maximum atomic E-state index is 12.9. The lowest BCUT2D eigenvalue weighted by atomic mass is 10.1. The number of aliphatic hydroxyl groups is 1. The van der Waals surface area contributed by atoms with E-state index in [1.807, 2.05) is 0 Å². The molecule has 0 aliphatic heterocycles. The Morgan fingerprint density at radius 1 is 1.36 bits per heavy atom. The molecule has 0 amide bonds. The summed E-state index contributed by atoms with van der Waals surface area (Å²) in [6.45, 7) is 0.141. The minimum absolute atomic E-state index is 0.141. The van der Waals surface area contributed by atoms with E-state index in [0.717, 1.165) is 10.9 Å². The Hall–Kier alpha value is -1.35. The van der Waals surface area contributed by atoms with Crippen LogP contribution in [-0.2, 0) is 6.42 Å². The summed E-state index contributed by atoms with van der Waals surface area (Å²) in [5.41, 5.74) is 1.65. The molecule has 14 heavy (non-hydrogen) atoms. The van der Waals surface area contributed by atoms with Gasteiger partial charge in [-0.3, -0.25) is 0 Å². The lowest BCUT2D eigenvalue weighted by Crippen LogP contribution is -1.87. The summed E-state index contributed by atoms with van der Waals surface area (Å²) in [7, 11) is 0. The number of rotatable bonds is 3. The number of halogens is 1. The summed E-state index contributed by atoms with van der Waals surface area (Å²) in [5, 5.41) is 9.49. The number of benzene rings is 1. The zero-order valence-electron chi connectivity index (χ0n) is 7.66. The van der Waals surface area contributed by atoms with Crippen LogP contribution in [0.15, 0.2) is 28.9 Å². The van der Waals surface area contributed by atoms with Crippen molar-refractivity contribution in [1.82, 2.24) is 0 Å². The average molecular weight is 194 g/mol. The maximum Gasteiger partial charge on any atom is 0.134 e. The van der Waals surface area contributed by atoms with E-state index in [9.17, 15) is 4.39 Å². The summed E-state index contributed by atoms with van der Waals surface area (Å²) in [6.07, 6.45) is 3.01. The Morgan fingerprint density at radius 2 is 2.21 bits per heavy atom. The topological polar surface area (TPSA) is 33.4 Å². The molecule has 2 aromatic rings. The smallest absolute Gasteiger partial charge is 0.134 e. The van der Waals surface area contributed by atoms with Crippen molar-refractivity contribution in [2.75, 3.05) is 6.61 Å². The second-order valence-electron chi connectivity index (χ2n) is 3.23. The first-order valence-corrected chi connectivity index (χ1v) is 4.58. The molecule has 3 heteroatoms. The third kappa shape index (κ3) is 1.63. The van der Waals surface area contributed by atoms with E-state index in [1.54, 1.807) is 12.3 Å². The Morgan fingerprint density at radius 3 is 3.00 bits per heavy atom. The molecule has 0 fully saturated rings. The van der Waals surface area contributed by atoms with Gasteiger partial charge in [-0.05, 0) is 36.6 Å². The van der Waals surface area contributed by atoms with Crippen LogP contribution in [0.5, 0.6) is 0 Å². The van der Waals surface area contributed by atoms with Crippen molar-refractivity contribution in [3.8, 4) is 0 Å². The molecule has 0 saturated heterocycles. The van der Waals surface area contributed by atoms with Gasteiger partial charge in [0.25, 0.3) is 0 Å². The van der Waals surface area contributed by atoms with Gasteiger partial charge in [-0.1, -0.05) is 0 Å². The monoisotopic (exact) mass is 194 g/mol.